The van der Waals surface area contributed by atoms with E-state index in [0.717, 1.165) is 30.6 Å². The van der Waals surface area contributed by atoms with E-state index in [1.165, 1.54) is 11.0 Å². The van der Waals surface area contributed by atoms with Crippen molar-refractivity contribution < 1.29 is 14.7 Å². The molecule has 1 aromatic heterocycles. The maximum absolute atomic E-state index is 12.1. The van der Waals surface area contributed by atoms with Crippen LogP contribution in [0.15, 0.2) is 18.2 Å². The van der Waals surface area contributed by atoms with Crippen molar-refractivity contribution in [2.24, 2.45) is 0 Å². The van der Waals surface area contributed by atoms with E-state index in [4.69, 9.17) is 0 Å². The SMILES string of the molecule is Cc1ccc(/C=C/C(=O)NC2(C(=O)O)CCCCCC2)s1. The van der Waals surface area contributed by atoms with E-state index in [9.17, 15) is 14.7 Å². The van der Waals surface area contributed by atoms with Crippen LogP contribution in [0.3, 0.4) is 0 Å². The van der Waals surface area contributed by atoms with Gasteiger partial charge in [-0.15, -0.1) is 11.3 Å². The van der Waals surface area contributed by atoms with Crippen LogP contribution in [0, 0.1) is 6.92 Å². The van der Waals surface area contributed by atoms with Crippen molar-refractivity contribution >= 4 is 29.3 Å². The lowest BCUT2D eigenvalue weighted by atomic mass is 9.90. The Morgan fingerprint density at radius 2 is 1.90 bits per heavy atom. The minimum absolute atomic E-state index is 0.328. The summed E-state index contributed by atoms with van der Waals surface area (Å²) in [6.45, 7) is 2.01. The summed E-state index contributed by atoms with van der Waals surface area (Å²) in [4.78, 5) is 25.8. The first-order valence-corrected chi connectivity index (χ1v) is 8.14. The minimum Gasteiger partial charge on any atom is -0.480 e. The molecule has 2 N–H and O–H groups in total. The van der Waals surface area contributed by atoms with Gasteiger partial charge >= 0.3 is 5.97 Å². The number of carbonyl (C=O) groups is 2. The molecule has 1 amide bonds. The molecule has 1 aromatic rings. The lowest BCUT2D eigenvalue weighted by Gasteiger charge is -2.28. The van der Waals surface area contributed by atoms with Crippen molar-refractivity contribution in [1.29, 1.82) is 0 Å². The van der Waals surface area contributed by atoms with Crippen molar-refractivity contribution in [3.63, 3.8) is 0 Å². The Balaban J connectivity index is 2.04. The van der Waals surface area contributed by atoms with E-state index in [0.29, 0.717) is 12.8 Å². The highest BCUT2D eigenvalue weighted by molar-refractivity contribution is 7.12. The van der Waals surface area contributed by atoms with Crippen molar-refractivity contribution in [2.75, 3.05) is 0 Å². The van der Waals surface area contributed by atoms with Gasteiger partial charge in [0.25, 0.3) is 0 Å². The smallest absolute Gasteiger partial charge is 0.329 e. The number of carboxylic acids is 1. The van der Waals surface area contributed by atoms with Crippen LogP contribution in [0.5, 0.6) is 0 Å². The fourth-order valence-electron chi connectivity index (χ4n) is 2.70. The summed E-state index contributed by atoms with van der Waals surface area (Å²) in [6, 6.07) is 3.94. The molecule has 0 atom stereocenters. The maximum atomic E-state index is 12.1. The fraction of sp³-hybridized carbons (Fsp3) is 0.500. The van der Waals surface area contributed by atoms with Gasteiger partial charge in [0, 0.05) is 15.8 Å². The van der Waals surface area contributed by atoms with Crippen molar-refractivity contribution in [2.45, 2.75) is 51.0 Å². The second kappa shape index (κ2) is 6.89. The number of rotatable bonds is 4. The lowest BCUT2D eigenvalue weighted by Crippen LogP contribution is -2.53. The standard InChI is InChI=1S/C16H21NO3S/c1-12-6-7-13(21-12)8-9-14(18)17-16(15(19)20)10-4-2-3-5-11-16/h6-9H,2-5,10-11H2,1H3,(H,17,18)(H,19,20)/b9-8+. The molecule has 0 radical (unpaired) electrons. The van der Waals surface area contributed by atoms with Gasteiger partial charge in [-0.25, -0.2) is 4.79 Å². The Labute approximate surface area is 128 Å². The third-order valence-corrected chi connectivity index (χ3v) is 4.86. The first-order chi connectivity index (χ1) is 10.0. The van der Waals surface area contributed by atoms with E-state index in [1.54, 1.807) is 17.4 Å². The third-order valence-electron chi connectivity index (χ3n) is 3.89. The summed E-state index contributed by atoms with van der Waals surface area (Å²) in [5.74, 6) is -1.25. The van der Waals surface area contributed by atoms with Crippen LogP contribution in [0.1, 0.15) is 48.3 Å². The molecule has 0 spiro atoms. The second-order valence-electron chi connectivity index (χ2n) is 5.57. The number of aryl methyl sites for hydroxylation is 1. The van der Waals surface area contributed by atoms with E-state index in [-0.39, 0.29) is 5.91 Å². The molecule has 21 heavy (non-hydrogen) atoms. The Bertz CT molecular complexity index is 539. The summed E-state index contributed by atoms with van der Waals surface area (Å²) in [6.07, 6.45) is 7.96. The Morgan fingerprint density at radius 3 is 2.43 bits per heavy atom. The summed E-state index contributed by atoms with van der Waals surface area (Å²) in [7, 11) is 0. The van der Waals surface area contributed by atoms with Crippen LogP contribution < -0.4 is 5.32 Å². The maximum Gasteiger partial charge on any atom is 0.329 e. The highest BCUT2D eigenvalue weighted by atomic mass is 32.1. The monoisotopic (exact) mass is 307 g/mol. The van der Waals surface area contributed by atoms with Crippen LogP contribution >= 0.6 is 11.3 Å². The number of carbonyl (C=O) groups excluding carboxylic acids is 1. The molecule has 0 saturated heterocycles. The summed E-state index contributed by atoms with van der Waals surface area (Å²) in [5, 5.41) is 12.2. The average molecular weight is 307 g/mol. The van der Waals surface area contributed by atoms with Gasteiger partial charge in [0.2, 0.25) is 5.91 Å². The van der Waals surface area contributed by atoms with Crippen LogP contribution in [-0.4, -0.2) is 22.5 Å². The molecule has 0 aliphatic heterocycles. The predicted octanol–water partition coefficient (Wildman–Crippen LogP) is 3.36. The Morgan fingerprint density at radius 1 is 1.24 bits per heavy atom. The van der Waals surface area contributed by atoms with E-state index in [2.05, 4.69) is 5.32 Å². The van der Waals surface area contributed by atoms with Crippen molar-refractivity contribution in [3.8, 4) is 0 Å². The van der Waals surface area contributed by atoms with Gasteiger partial charge < -0.3 is 10.4 Å². The van der Waals surface area contributed by atoms with E-state index >= 15 is 0 Å². The van der Waals surface area contributed by atoms with E-state index < -0.39 is 11.5 Å². The molecule has 0 bridgehead atoms. The fourth-order valence-corrected chi connectivity index (χ4v) is 3.48. The summed E-state index contributed by atoms with van der Waals surface area (Å²) < 4.78 is 0. The molecule has 1 saturated carbocycles. The summed E-state index contributed by atoms with van der Waals surface area (Å²) in [5.41, 5.74) is -1.09. The zero-order chi connectivity index (χ0) is 15.3. The number of hydrogen-bond donors (Lipinski definition) is 2. The van der Waals surface area contributed by atoms with Crippen LogP contribution in [-0.2, 0) is 9.59 Å². The molecule has 1 aliphatic carbocycles. The number of nitrogens with one attached hydrogen (secondary N) is 1. The third kappa shape index (κ3) is 4.17. The molecule has 0 aromatic carbocycles. The average Bonchev–Trinajstić information content (AvgIpc) is 2.71. The van der Waals surface area contributed by atoms with Gasteiger partial charge in [0.05, 0.1) is 0 Å². The van der Waals surface area contributed by atoms with Gasteiger partial charge in [-0.3, -0.25) is 4.79 Å². The zero-order valence-electron chi connectivity index (χ0n) is 12.2. The van der Waals surface area contributed by atoms with Gasteiger partial charge in [0.15, 0.2) is 0 Å². The quantitative estimate of drug-likeness (QED) is 0.662. The normalized spacial score (nSPS) is 18.3. The molecule has 2 rings (SSSR count). The molecule has 1 aliphatic rings. The van der Waals surface area contributed by atoms with Gasteiger partial charge in [0.1, 0.15) is 5.54 Å². The Hall–Kier alpha value is -1.62. The number of carboxylic acid groups (broad SMARTS) is 1. The number of aliphatic carboxylic acids is 1. The topological polar surface area (TPSA) is 66.4 Å². The first-order valence-electron chi connectivity index (χ1n) is 7.32. The second-order valence-corrected chi connectivity index (χ2v) is 6.89. The lowest BCUT2D eigenvalue weighted by molar-refractivity contribution is -0.147. The van der Waals surface area contributed by atoms with Gasteiger partial charge in [-0.2, -0.15) is 0 Å². The van der Waals surface area contributed by atoms with Crippen LogP contribution in [0.25, 0.3) is 6.08 Å². The molecule has 0 unspecified atom stereocenters. The molecule has 4 nitrogen and oxygen atoms in total. The zero-order valence-corrected chi connectivity index (χ0v) is 13.0. The van der Waals surface area contributed by atoms with Crippen molar-refractivity contribution in [3.05, 3.63) is 28.0 Å². The predicted molar refractivity (Wildman–Crippen MR) is 84.3 cm³/mol. The number of hydrogen-bond acceptors (Lipinski definition) is 3. The van der Waals surface area contributed by atoms with Crippen LogP contribution in [0.4, 0.5) is 0 Å². The molecular formula is C16H21NO3S. The largest absolute Gasteiger partial charge is 0.480 e. The van der Waals surface area contributed by atoms with Crippen molar-refractivity contribution in [1.82, 2.24) is 5.32 Å². The highest BCUT2D eigenvalue weighted by Gasteiger charge is 2.39. The minimum atomic E-state index is -1.09. The first kappa shape index (κ1) is 15.8. The van der Waals surface area contributed by atoms with Crippen LogP contribution in [0.2, 0.25) is 0 Å². The Kier molecular flexibility index (Phi) is 5.17. The molecule has 114 valence electrons. The highest BCUT2D eigenvalue weighted by Crippen LogP contribution is 2.27. The number of amides is 1. The summed E-state index contributed by atoms with van der Waals surface area (Å²) >= 11 is 1.60. The molecular weight excluding hydrogens is 286 g/mol. The molecule has 5 heteroatoms. The van der Waals surface area contributed by atoms with E-state index in [1.807, 2.05) is 19.1 Å². The van der Waals surface area contributed by atoms with Gasteiger partial charge in [-0.05, 0) is 38.0 Å². The number of thiophene rings is 1. The molecule has 1 fully saturated rings. The van der Waals surface area contributed by atoms with Gasteiger partial charge in [-0.1, -0.05) is 25.7 Å². The molecule has 1 heterocycles.